The van der Waals surface area contributed by atoms with Gasteiger partial charge in [-0.1, -0.05) is 99.2 Å². The summed E-state index contributed by atoms with van der Waals surface area (Å²) in [7, 11) is 0. The molecule has 0 N–H and O–H groups in total. The minimum absolute atomic E-state index is 0.0465. The minimum atomic E-state index is 0.0465. The van der Waals surface area contributed by atoms with Crippen LogP contribution >= 0.6 is 0 Å². The normalized spacial score (nSPS) is 23.1. The van der Waals surface area contributed by atoms with E-state index in [1.807, 2.05) is 0 Å². The Morgan fingerprint density at radius 3 is 1.77 bits per heavy atom. The van der Waals surface area contributed by atoms with Crippen molar-refractivity contribution < 1.29 is 0 Å². The first kappa shape index (κ1) is 25.9. The van der Waals surface area contributed by atoms with E-state index in [1.54, 1.807) is 5.56 Å². The van der Waals surface area contributed by atoms with Gasteiger partial charge in [-0.05, 0) is 93.5 Å². The number of nitrogens with zero attached hydrogens (tertiary/aromatic N) is 2. The van der Waals surface area contributed by atoms with Crippen LogP contribution in [0.1, 0.15) is 111 Å². The SMILES string of the molecule is CC1=C2c3ccccc3C(C3CCCCC3)(C3CCCCC3)N2C(c2c(C)cccc2C)N1c1ccccc1C. The minimum Gasteiger partial charge on any atom is -0.335 e. The van der Waals surface area contributed by atoms with Crippen LogP contribution in [0.5, 0.6) is 0 Å². The van der Waals surface area contributed by atoms with Gasteiger partial charge >= 0.3 is 0 Å². The highest BCUT2D eigenvalue weighted by Crippen LogP contribution is 2.66. The van der Waals surface area contributed by atoms with Gasteiger partial charge in [0, 0.05) is 22.5 Å². The maximum absolute atomic E-state index is 3.04. The summed E-state index contributed by atoms with van der Waals surface area (Å²) >= 11 is 0. The molecule has 40 heavy (non-hydrogen) atoms. The van der Waals surface area contributed by atoms with E-state index in [0.29, 0.717) is 11.8 Å². The Bertz CT molecular complexity index is 1400. The van der Waals surface area contributed by atoms with Gasteiger partial charge in [-0.2, -0.15) is 0 Å². The van der Waals surface area contributed by atoms with E-state index in [-0.39, 0.29) is 11.7 Å². The van der Waals surface area contributed by atoms with Crippen molar-refractivity contribution in [2.75, 3.05) is 4.90 Å². The monoisotopic (exact) mass is 530 g/mol. The zero-order chi connectivity index (χ0) is 27.4. The highest BCUT2D eigenvalue weighted by Gasteiger charge is 2.62. The fourth-order valence-corrected chi connectivity index (χ4v) is 9.48. The largest absolute Gasteiger partial charge is 0.335 e. The lowest BCUT2D eigenvalue weighted by atomic mass is 9.61. The molecule has 2 nitrogen and oxygen atoms in total. The van der Waals surface area contributed by atoms with E-state index in [4.69, 9.17) is 0 Å². The Kier molecular flexibility index (Phi) is 6.56. The van der Waals surface area contributed by atoms with Gasteiger partial charge in [0.05, 0.1) is 11.2 Å². The average Bonchev–Trinajstić information content (AvgIpc) is 3.45. The van der Waals surface area contributed by atoms with Crippen LogP contribution in [0.3, 0.4) is 0 Å². The van der Waals surface area contributed by atoms with Crippen LogP contribution in [0.2, 0.25) is 0 Å². The maximum atomic E-state index is 3.04. The Hall–Kier alpha value is -3.00. The van der Waals surface area contributed by atoms with Gasteiger partial charge in [0.15, 0.2) is 0 Å². The predicted octanol–water partition coefficient (Wildman–Crippen LogP) is 10.2. The number of anilines is 1. The molecule has 3 aromatic rings. The van der Waals surface area contributed by atoms with E-state index in [2.05, 4.69) is 104 Å². The lowest BCUT2D eigenvalue weighted by Crippen LogP contribution is -2.55. The van der Waals surface area contributed by atoms with Crippen LogP contribution in [0.25, 0.3) is 5.70 Å². The van der Waals surface area contributed by atoms with Gasteiger partial charge in [0.25, 0.3) is 0 Å². The number of hydrogen-bond acceptors (Lipinski definition) is 2. The van der Waals surface area contributed by atoms with Gasteiger partial charge in [-0.15, -0.1) is 0 Å². The van der Waals surface area contributed by atoms with E-state index < -0.39 is 0 Å². The molecule has 1 atom stereocenters. The number of benzene rings is 3. The molecule has 2 aliphatic heterocycles. The molecular weight excluding hydrogens is 484 g/mol. The smallest absolute Gasteiger partial charge is 0.134 e. The van der Waals surface area contributed by atoms with E-state index in [0.717, 1.165) is 0 Å². The fourth-order valence-electron chi connectivity index (χ4n) is 9.48. The van der Waals surface area contributed by atoms with Crippen LogP contribution < -0.4 is 4.90 Å². The molecule has 2 fully saturated rings. The molecular formula is C38H46N2. The van der Waals surface area contributed by atoms with Crippen molar-refractivity contribution in [1.82, 2.24) is 4.90 Å². The Morgan fingerprint density at radius 1 is 0.600 bits per heavy atom. The summed E-state index contributed by atoms with van der Waals surface area (Å²) in [6.07, 6.45) is 13.9. The van der Waals surface area contributed by atoms with Crippen LogP contribution in [0, 0.1) is 32.6 Å². The Morgan fingerprint density at radius 2 is 1.15 bits per heavy atom. The van der Waals surface area contributed by atoms with E-state index in [1.165, 1.54) is 109 Å². The number of para-hydroxylation sites is 1. The van der Waals surface area contributed by atoms with Gasteiger partial charge in [0.2, 0.25) is 0 Å². The molecule has 2 heterocycles. The van der Waals surface area contributed by atoms with Crippen LogP contribution in [0.15, 0.2) is 72.4 Å². The van der Waals surface area contributed by atoms with Crippen molar-refractivity contribution in [3.8, 4) is 0 Å². The molecule has 0 radical (unpaired) electrons. The van der Waals surface area contributed by atoms with Crippen molar-refractivity contribution in [1.29, 1.82) is 0 Å². The van der Waals surface area contributed by atoms with E-state index >= 15 is 0 Å². The molecule has 0 saturated heterocycles. The summed E-state index contributed by atoms with van der Waals surface area (Å²) in [5.41, 5.74) is 13.2. The first-order chi connectivity index (χ1) is 19.5. The number of hydrogen-bond donors (Lipinski definition) is 0. The van der Waals surface area contributed by atoms with Crippen LogP contribution in [-0.2, 0) is 5.54 Å². The number of fused-ring (bicyclic) bond motifs is 3. The molecule has 4 aliphatic rings. The van der Waals surface area contributed by atoms with Gasteiger partial charge in [-0.25, -0.2) is 0 Å². The third-order valence-electron chi connectivity index (χ3n) is 11.1. The number of aryl methyl sites for hydroxylation is 3. The molecule has 7 rings (SSSR count). The molecule has 2 aliphatic carbocycles. The van der Waals surface area contributed by atoms with E-state index in [9.17, 15) is 0 Å². The second-order valence-electron chi connectivity index (χ2n) is 13.2. The highest BCUT2D eigenvalue weighted by atomic mass is 15.5. The molecule has 208 valence electrons. The van der Waals surface area contributed by atoms with Crippen molar-refractivity contribution in [2.45, 2.75) is 104 Å². The zero-order valence-electron chi connectivity index (χ0n) is 25.0. The standard InChI is InChI=1S/C38H46N2/c1-26-16-11-14-25-34(26)39-29(4)36-32-23-12-13-24-33(32)38(30-19-7-5-8-20-30,31-21-9-6-10-22-31)40(36)37(39)35-27(2)17-15-18-28(35)3/h11-18,23-25,30-31,37H,5-10,19-22H2,1-4H3. The Labute approximate surface area is 242 Å². The maximum Gasteiger partial charge on any atom is 0.134 e. The van der Waals surface area contributed by atoms with Gasteiger partial charge in [0.1, 0.15) is 6.17 Å². The summed E-state index contributed by atoms with van der Waals surface area (Å²) in [5, 5.41) is 0. The first-order valence-electron chi connectivity index (χ1n) is 16.1. The lowest BCUT2D eigenvalue weighted by Gasteiger charge is -2.55. The molecule has 0 amide bonds. The van der Waals surface area contributed by atoms with Crippen molar-refractivity contribution in [2.24, 2.45) is 11.8 Å². The second-order valence-corrected chi connectivity index (χ2v) is 13.2. The van der Waals surface area contributed by atoms with Crippen molar-refractivity contribution >= 4 is 11.4 Å². The van der Waals surface area contributed by atoms with Crippen LogP contribution in [-0.4, -0.2) is 4.90 Å². The number of allylic oxidation sites excluding steroid dienone is 1. The topological polar surface area (TPSA) is 6.48 Å². The molecule has 2 heteroatoms. The lowest BCUT2D eigenvalue weighted by molar-refractivity contribution is -0.0239. The van der Waals surface area contributed by atoms with Crippen molar-refractivity contribution in [3.63, 3.8) is 0 Å². The molecule has 2 saturated carbocycles. The quantitative estimate of drug-likeness (QED) is 0.331. The highest BCUT2D eigenvalue weighted by molar-refractivity contribution is 5.84. The molecule has 0 spiro atoms. The van der Waals surface area contributed by atoms with Crippen LogP contribution in [0.4, 0.5) is 5.69 Å². The molecule has 0 aromatic heterocycles. The second kappa shape index (κ2) is 10.1. The first-order valence-corrected chi connectivity index (χ1v) is 16.1. The zero-order valence-corrected chi connectivity index (χ0v) is 25.0. The van der Waals surface area contributed by atoms with Crippen molar-refractivity contribution in [3.05, 3.63) is 106 Å². The third-order valence-corrected chi connectivity index (χ3v) is 11.1. The number of rotatable bonds is 4. The van der Waals surface area contributed by atoms with Gasteiger partial charge < -0.3 is 9.80 Å². The summed E-state index contributed by atoms with van der Waals surface area (Å²) in [4.78, 5) is 5.77. The molecule has 1 unspecified atom stereocenters. The fraction of sp³-hybridized carbons (Fsp3) is 0.474. The Balaban J connectivity index is 1.56. The summed E-state index contributed by atoms with van der Waals surface area (Å²) < 4.78 is 0. The third kappa shape index (κ3) is 3.67. The summed E-state index contributed by atoms with van der Waals surface area (Å²) in [5.74, 6) is 1.39. The summed E-state index contributed by atoms with van der Waals surface area (Å²) in [6, 6.07) is 25.6. The summed E-state index contributed by atoms with van der Waals surface area (Å²) in [6.45, 7) is 9.40. The predicted molar refractivity (Wildman–Crippen MR) is 168 cm³/mol. The average molecular weight is 531 g/mol. The molecule has 0 bridgehead atoms. The molecule has 3 aromatic carbocycles. The van der Waals surface area contributed by atoms with Gasteiger partial charge in [-0.3, -0.25) is 0 Å².